The van der Waals surface area contributed by atoms with Gasteiger partial charge >= 0.3 is 36.3 Å². The zero-order chi connectivity index (χ0) is 34.5. The van der Waals surface area contributed by atoms with E-state index in [1.165, 1.54) is 43.5 Å². The molecule has 2 aliphatic rings. The number of alkyl halides is 2. The van der Waals surface area contributed by atoms with Crippen LogP contribution in [0.15, 0.2) is 36.5 Å². The third-order valence-electron chi connectivity index (χ3n) is 6.78. The lowest BCUT2D eigenvalue weighted by atomic mass is 9.82. The van der Waals surface area contributed by atoms with Gasteiger partial charge in [-0.25, -0.2) is 24.3 Å². The fraction of sp³-hybridized carbons (Fsp3) is 0.414. The summed E-state index contributed by atoms with van der Waals surface area (Å²) in [6.45, 7) is 4.42. The first-order valence-electron chi connectivity index (χ1n) is 14.0. The van der Waals surface area contributed by atoms with Gasteiger partial charge in [0.15, 0.2) is 17.5 Å². The van der Waals surface area contributed by atoms with Crippen LogP contribution in [0.25, 0.3) is 0 Å². The summed E-state index contributed by atoms with van der Waals surface area (Å²) in [5.41, 5.74) is 0.744. The second-order valence-electron chi connectivity index (χ2n) is 10.6. The number of hydrogen-bond acceptors (Lipinski definition) is 13. The number of halogens is 2. The Morgan fingerprint density at radius 1 is 0.979 bits per heavy atom. The number of β-lactam (4-membered cyclic amide) rings is 1. The maximum Gasteiger partial charge on any atom is 0.586 e. The predicted molar refractivity (Wildman–Crippen MR) is 150 cm³/mol. The van der Waals surface area contributed by atoms with Gasteiger partial charge in [-0.3, -0.25) is 19.7 Å². The van der Waals surface area contributed by atoms with Crippen LogP contribution in [0, 0.1) is 11.8 Å². The molecule has 3 unspecified atom stereocenters. The lowest BCUT2D eigenvalue weighted by Gasteiger charge is -2.44. The lowest BCUT2D eigenvalue weighted by Crippen LogP contribution is -2.69. The number of pyridine rings is 1. The number of amides is 4. The van der Waals surface area contributed by atoms with E-state index in [0.717, 1.165) is 6.92 Å². The van der Waals surface area contributed by atoms with E-state index in [0.29, 0.717) is 16.0 Å². The van der Waals surface area contributed by atoms with Gasteiger partial charge in [-0.2, -0.15) is 0 Å². The Hall–Kier alpha value is -5.55. The standard InChI is InChI=1S/C29H30F2N4O12/c1-14(2)25(38)43-13-45-28(41)34-22-10-17(7-8-32-22)9-19-23(26(39)44-12-42-16(4)36)35(24(19)37)27(40)33-15(3)18-5-6-20-21(11-18)47-29(30,31)46-20/h5-8,10-11,14-15,19,23H,9,12-13H2,1-4H3,(H,33,40)(H,32,34,41). The molecule has 1 aromatic heterocycles. The number of carbonyl (C=O) groups excluding carboxylic acids is 6. The Bertz CT molecular complexity index is 1570. The smallest absolute Gasteiger partial charge is 0.428 e. The lowest BCUT2D eigenvalue weighted by molar-refractivity contribution is -0.286. The van der Waals surface area contributed by atoms with Crippen molar-refractivity contribution >= 4 is 41.8 Å². The fourth-order valence-electron chi connectivity index (χ4n) is 4.44. The summed E-state index contributed by atoms with van der Waals surface area (Å²) < 4.78 is 54.8. The van der Waals surface area contributed by atoms with E-state index in [9.17, 15) is 37.5 Å². The molecule has 18 heteroatoms. The maximum atomic E-state index is 13.4. The van der Waals surface area contributed by atoms with Crippen LogP contribution in [0.4, 0.5) is 24.2 Å². The Balaban J connectivity index is 1.43. The Kier molecular flexibility index (Phi) is 10.4. The third-order valence-corrected chi connectivity index (χ3v) is 6.78. The van der Waals surface area contributed by atoms with Crippen molar-refractivity contribution in [3.8, 4) is 11.5 Å². The number of carbonyl (C=O) groups is 6. The second kappa shape index (κ2) is 14.3. The molecule has 0 bridgehead atoms. The van der Waals surface area contributed by atoms with Crippen LogP contribution >= 0.6 is 0 Å². The number of benzene rings is 1. The van der Waals surface area contributed by atoms with Gasteiger partial charge in [-0.1, -0.05) is 19.9 Å². The minimum absolute atomic E-state index is 0.00774. The topological polar surface area (TPSA) is 198 Å². The van der Waals surface area contributed by atoms with Crippen molar-refractivity contribution in [3.63, 3.8) is 0 Å². The highest BCUT2D eigenvalue weighted by molar-refractivity contribution is 6.08. The largest absolute Gasteiger partial charge is 0.586 e. The second-order valence-corrected chi connectivity index (χ2v) is 10.6. The van der Waals surface area contributed by atoms with Crippen LogP contribution in [0.3, 0.4) is 0 Å². The van der Waals surface area contributed by atoms with Crippen LogP contribution in [-0.4, -0.2) is 71.7 Å². The monoisotopic (exact) mass is 664 g/mol. The van der Waals surface area contributed by atoms with Gasteiger partial charge in [-0.05, 0) is 48.7 Å². The molecule has 4 amide bonds. The zero-order valence-corrected chi connectivity index (χ0v) is 25.4. The van der Waals surface area contributed by atoms with Crippen LogP contribution < -0.4 is 20.1 Å². The van der Waals surface area contributed by atoms with Crippen molar-refractivity contribution in [1.29, 1.82) is 0 Å². The highest BCUT2D eigenvalue weighted by atomic mass is 19.3. The molecule has 3 atom stereocenters. The highest BCUT2D eigenvalue weighted by Gasteiger charge is 2.55. The van der Waals surface area contributed by atoms with E-state index < -0.39 is 79.7 Å². The van der Waals surface area contributed by atoms with Gasteiger partial charge in [0.2, 0.25) is 19.5 Å². The normalized spacial score (nSPS) is 18.0. The first-order chi connectivity index (χ1) is 22.1. The summed E-state index contributed by atoms with van der Waals surface area (Å²) in [5, 5.41) is 4.87. The van der Waals surface area contributed by atoms with Crippen LogP contribution in [0.1, 0.15) is 44.9 Å². The van der Waals surface area contributed by atoms with Crippen molar-refractivity contribution in [2.75, 3.05) is 18.9 Å². The molecule has 0 radical (unpaired) electrons. The number of aromatic nitrogens is 1. The highest BCUT2D eigenvalue weighted by Crippen LogP contribution is 2.42. The average molecular weight is 665 g/mol. The van der Waals surface area contributed by atoms with E-state index in [1.807, 2.05) is 0 Å². The van der Waals surface area contributed by atoms with E-state index >= 15 is 0 Å². The summed E-state index contributed by atoms with van der Waals surface area (Å²) in [7, 11) is 0. The van der Waals surface area contributed by atoms with Gasteiger partial charge in [0.05, 0.1) is 17.9 Å². The van der Waals surface area contributed by atoms with Gasteiger partial charge in [-0.15, -0.1) is 8.78 Å². The van der Waals surface area contributed by atoms with Crippen molar-refractivity contribution in [3.05, 3.63) is 47.7 Å². The van der Waals surface area contributed by atoms with Gasteiger partial charge in [0, 0.05) is 13.1 Å². The van der Waals surface area contributed by atoms with Crippen molar-refractivity contribution in [1.82, 2.24) is 15.2 Å². The summed E-state index contributed by atoms with van der Waals surface area (Å²) >= 11 is 0. The first kappa shape index (κ1) is 34.3. The SMILES string of the molecule is CC(=O)OCOC(=O)C1C(Cc2ccnc(NC(=O)OCOC(=O)C(C)C)c2)C(=O)N1C(=O)NC(C)c1ccc2c(c1)OC(F)(F)O2. The van der Waals surface area contributed by atoms with Crippen molar-refractivity contribution in [2.24, 2.45) is 11.8 Å². The average Bonchev–Trinajstić information content (AvgIpc) is 3.31. The Morgan fingerprint density at radius 3 is 2.38 bits per heavy atom. The van der Waals surface area contributed by atoms with Crippen LogP contribution in [-0.2, 0) is 44.5 Å². The van der Waals surface area contributed by atoms with Gasteiger partial charge in [0.25, 0.3) is 0 Å². The quantitative estimate of drug-likeness (QED) is 0.202. The van der Waals surface area contributed by atoms with Crippen molar-refractivity contribution in [2.45, 2.75) is 52.5 Å². The molecule has 1 fully saturated rings. The molecule has 2 aliphatic heterocycles. The molecule has 4 rings (SSSR count). The minimum Gasteiger partial charge on any atom is -0.428 e. The summed E-state index contributed by atoms with van der Waals surface area (Å²) in [4.78, 5) is 78.8. The molecular formula is C29H30F2N4O12. The van der Waals surface area contributed by atoms with E-state index in [2.05, 4.69) is 29.8 Å². The first-order valence-corrected chi connectivity index (χ1v) is 14.0. The maximum absolute atomic E-state index is 13.4. The number of hydrogen-bond donors (Lipinski definition) is 2. The Morgan fingerprint density at radius 2 is 1.68 bits per heavy atom. The molecule has 0 saturated carbocycles. The number of fused-ring (bicyclic) bond motifs is 1. The molecule has 16 nitrogen and oxygen atoms in total. The summed E-state index contributed by atoms with van der Waals surface area (Å²) in [5.74, 6) is -5.10. The number of urea groups is 1. The minimum atomic E-state index is -3.84. The molecule has 1 aromatic carbocycles. The molecule has 0 spiro atoms. The van der Waals surface area contributed by atoms with Gasteiger partial charge in [0.1, 0.15) is 5.82 Å². The number of likely N-dealkylation sites (tertiary alicyclic amines) is 1. The van der Waals surface area contributed by atoms with Gasteiger partial charge < -0.3 is 33.7 Å². The molecule has 3 heterocycles. The third kappa shape index (κ3) is 8.59. The van der Waals surface area contributed by atoms with Crippen LogP contribution in [0.2, 0.25) is 0 Å². The number of nitrogens with zero attached hydrogens (tertiary/aromatic N) is 2. The number of anilines is 1. The number of nitrogens with one attached hydrogen (secondary N) is 2. The molecule has 2 N–H and O–H groups in total. The number of imide groups is 1. The molecule has 0 aliphatic carbocycles. The molecule has 47 heavy (non-hydrogen) atoms. The zero-order valence-electron chi connectivity index (χ0n) is 25.4. The fourth-order valence-corrected chi connectivity index (χ4v) is 4.44. The number of esters is 3. The van der Waals surface area contributed by atoms with E-state index in [4.69, 9.17) is 14.2 Å². The summed E-state index contributed by atoms with van der Waals surface area (Å²) in [6, 6.07) is 3.47. The Labute approximate surface area is 265 Å². The summed E-state index contributed by atoms with van der Waals surface area (Å²) in [6.07, 6.45) is -3.62. The van der Waals surface area contributed by atoms with Crippen LogP contribution in [0.5, 0.6) is 11.5 Å². The molecule has 1 saturated heterocycles. The predicted octanol–water partition coefficient (Wildman–Crippen LogP) is 3.01. The molecule has 252 valence electrons. The number of rotatable bonds is 11. The van der Waals surface area contributed by atoms with E-state index in [1.54, 1.807) is 13.8 Å². The molecule has 2 aromatic rings. The van der Waals surface area contributed by atoms with Crippen molar-refractivity contribution < 1.29 is 66.0 Å². The number of ether oxygens (including phenoxy) is 6. The molecular weight excluding hydrogens is 634 g/mol. The van der Waals surface area contributed by atoms with E-state index in [-0.39, 0.29) is 23.7 Å².